The molecule has 1 rings (SSSR count). The molecule has 0 saturated carbocycles. The van der Waals surface area contributed by atoms with Gasteiger partial charge in [-0.2, -0.15) is 4.72 Å². The molecular formula is C10H12BrNO4S. The van der Waals surface area contributed by atoms with Gasteiger partial charge in [-0.15, -0.1) is 0 Å². The Hall–Kier alpha value is -0.920. The third-order valence-corrected chi connectivity index (χ3v) is 4.14. The van der Waals surface area contributed by atoms with E-state index in [0.717, 1.165) is 4.47 Å². The largest absolute Gasteiger partial charge is 0.480 e. The molecule has 1 aromatic carbocycles. The summed E-state index contributed by atoms with van der Waals surface area (Å²) in [6, 6.07) is 4.86. The highest BCUT2D eigenvalue weighted by Gasteiger charge is 2.23. The van der Waals surface area contributed by atoms with Gasteiger partial charge in [-0.25, -0.2) is 8.42 Å². The summed E-state index contributed by atoms with van der Waals surface area (Å²) in [5.74, 6) is -1.19. The lowest BCUT2D eigenvalue weighted by atomic mass is 10.2. The first-order valence-electron chi connectivity index (χ1n) is 4.87. The van der Waals surface area contributed by atoms with Gasteiger partial charge in [0.25, 0.3) is 0 Å². The number of carboxylic acids is 1. The highest BCUT2D eigenvalue weighted by molar-refractivity contribution is 9.10. The summed E-state index contributed by atoms with van der Waals surface area (Å²) in [5.41, 5.74) is 0. The first-order chi connectivity index (χ1) is 7.86. The zero-order valence-electron chi connectivity index (χ0n) is 9.05. The Labute approximate surface area is 108 Å². The summed E-state index contributed by atoms with van der Waals surface area (Å²) < 4.78 is 26.5. The number of sulfonamides is 1. The fraction of sp³-hybridized carbons (Fsp3) is 0.300. The topological polar surface area (TPSA) is 83.5 Å². The van der Waals surface area contributed by atoms with Gasteiger partial charge < -0.3 is 5.11 Å². The van der Waals surface area contributed by atoms with Crippen LogP contribution in [0.1, 0.15) is 13.3 Å². The molecule has 2 N–H and O–H groups in total. The maximum atomic E-state index is 11.8. The maximum Gasteiger partial charge on any atom is 0.321 e. The van der Waals surface area contributed by atoms with Crippen LogP contribution in [-0.4, -0.2) is 25.5 Å². The van der Waals surface area contributed by atoms with Gasteiger partial charge in [0.05, 0.1) is 4.90 Å². The number of rotatable bonds is 5. The Morgan fingerprint density at radius 1 is 1.41 bits per heavy atom. The van der Waals surface area contributed by atoms with E-state index in [4.69, 9.17) is 5.11 Å². The molecule has 5 nitrogen and oxygen atoms in total. The van der Waals surface area contributed by atoms with Crippen LogP contribution in [0.3, 0.4) is 0 Å². The van der Waals surface area contributed by atoms with E-state index in [9.17, 15) is 13.2 Å². The second-order valence-corrected chi connectivity index (χ2v) is 6.00. The molecule has 17 heavy (non-hydrogen) atoms. The number of hydrogen-bond donors (Lipinski definition) is 2. The summed E-state index contributed by atoms with van der Waals surface area (Å²) in [7, 11) is -3.79. The molecule has 0 aliphatic heterocycles. The van der Waals surface area contributed by atoms with E-state index >= 15 is 0 Å². The molecule has 1 unspecified atom stereocenters. The molecular weight excluding hydrogens is 310 g/mol. The molecule has 0 aliphatic carbocycles. The smallest absolute Gasteiger partial charge is 0.321 e. The quantitative estimate of drug-likeness (QED) is 0.862. The number of aliphatic carboxylic acids is 1. The molecule has 0 bridgehead atoms. The second-order valence-electron chi connectivity index (χ2n) is 3.37. The fourth-order valence-electron chi connectivity index (χ4n) is 1.18. The van der Waals surface area contributed by atoms with Gasteiger partial charge in [0.2, 0.25) is 10.0 Å². The molecule has 0 saturated heterocycles. The van der Waals surface area contributed by atoms with E-state index in [0.29, 0.717) is 0 Å². The Kier molecular flexibility index (Phi) is 4.67. The first-order valence-corrected chi connectivity index (χ1v) is 7.15. The van der Waals surface area contributed by atoms with Gasteiger partial charge in [0.15, 0.2) is 0 Å². The number of carbonyl (C=O) groups is 1. The van der Waals surface area contributed by atoms with Crippen LogP contribution in [0, 0.1) is 0 Å². The van der Waals surface area contributed by atoms with Gasteiger partial charge >= 0.3 is 5.97 Å². The Balaban J connectivity index is 2.96. The SMILES string of the molecule is CCC(NS(=O)(=O)c1ccc(Br)cc1)C(=O)O. The minimum absolute atomic E-state index is 0.0420. The van der Waals surface area contributed by atoms with E-state index in [1.54, 1.807) is 19.1 Å². The van der Waals surface area contributed by atoms with Crippen LogP contribution in [0.2, 0.25) is 0 Å². The first kappa shape index (κ1) is 14.1. The minimum Gasteiger partial charge on any atom is -0.480 e. The van der Waals surface area contributed by atoms with Crippen molar-refractivity contribution in [3.63, 3.8) is 0 Å². The van der Waals surface area contributed by atoms with Crippen molar-refractivity contribution in [1.82, 2.24) is 4.72 Å². The second kappa shape index (κ2) is 5.61. The average molecular weight is 322 g/mol. The predicted octanol–water partition coefficient (Wildman–Crippen LogP) is 1.59. The van der Waals surface area contributed by atoms with Crippen LogP contribution in [0.25, 0.3) is 0 Å². The van der Waals surface area contributed by atoms with Crippen molar-refractivity contribution >= 4 is 31.9 Å². The van der Waals surface area contributed by atoms with Gasteiger partial charge in [-0.3, -0.25) is 4.79 Å². The number of halogens is 1. The number of benzene rings is 1. The van der Waals surface area contributed by atoms with Crippen LogP contribution in [0.4, 0.5) is 0 Å². The van der Waals surface area contributed by atoms with Crippen LogP contribution >= 0.6 is 15.9 Å². The van der Waals surface area contributed by atoms with E-state index in [1.807, 2.05) is 0 Å². The standard InChI is InChI=1S/C10H12BrNO4S/c1-2-9(10(13)14)12-17(15,16)8-5-3-7(11)4-6-8/h3-6,9,12H,2H2,1H3,(H,13,14). The molecule has 0 amide bonds. The van der Waals surface area contributed by atoms with Crippen LogP contribution in [-0.2, 0) is 14.8 Å². The molecule has 1 aromatic rings. The van der Waals surface area contributed by atoms with Gasteiger partial charge in [-0.1, -0.05) is 22.9 Å². The monoisotopic (exact) mass is 321 g/mol. The van der Waals surface area contributed by atoms with E-state index in [-0.39, 0.29) is 11.3 Å². The third kappa shape index (κ3) is 3.79. The molecule has 0 heterocycles. The lowest BCUT2D eigenvalue weighted by molar-refractivity contribution is -0.139. The van der Waals surface area contributed by atoms with Crippen LogP contribution in [0.15, 0.2) is 33.6 Å². The highest BCUT2D eigenvalue weighted by Crippen LogP contribution is 2.15. The molecule has 94 valence electrons. The zero-order chi connectivity index (χ0) is 13.1. The number of carboxylic acid groups (broad SMARTS) is 1. The van der Waals surface area contributed by atoms with Crippen molar-refractivity contribution < 1.29 is 18.3 Å². The summed E-state index contributed by atoms with van der Waals surface area (Å²) in [6.45, 7) is 1.60. The highest BCUT2D eigenvalue weighted by atomic mass is 79.9. The number of hydrogen-bond acceptors (Lipinski definition) is 3. The molecule has 0 fully saturated rings. The fourth-order valence-corrected chi connectivity index (χ4v) is 2.71. The van der Waals surface area contributed by atoms with E-state index < -0.39 is 22.0 Å². The maximum absolute atomic E-state index is 11.8. The van der Waals surface area contributed by atoms with Gasteiger partial charge in [0.1, 0.15) is 6.04 Å². The van der Waals surface area contributed by atoms with E-state index in [1.165, 1.54) is 12.1 Å². The summed E-state index contributed by atoms with van der Waals surface area (Å²) in [6.07, 6.45) is 0.186. The summed E-state index contributed by atoms with van der Waals surface area (Å²) >= 11 is 3.19. The Morgan fingerprint density at radius 2 is 1.94 bits per heavy atom. The molecule has 0 spiro atoms. The summed E-state index contributed by atoms with van der Waals surface area (Å²) in [5, 5.41) is 8.79. The van der Waals surface area contributed by atoms with Gasteiger partial charge in [0, 0.05) is 4.47 Å². The van der Waals surface area contributed by atoms with Crippen molar-refractivity contribution in [1.29, 1.82) is 0 Å². The Bertz CT molecular complexity index is 498. The van der Waals surface area contributed by atoms with Crippen LogP contribution in [0.5, 0.6) is 0 Å². The lowest BCUT2D eigenvalue weighted by Gasteiger charge is -2.12. The lowest BCUT2D eigenvalue weighted by Crippen LogP contribution is -2.40. The molecule has 0 aliphatic rings. The van der Waals surface area contributed by atoms with E-state index in [2.05, 4.69) is 20.7 Å². The summed E-state index contributed by atoms with van der Waals surface area (Å²) in [4.78, 5) is 10.8. The van der Waals surface area contributed by atoms with Crippen LogP contribution < -0.4 is 4.72 Å². The molecule has 7 heteroatoms. The van der Waals surface area contributed by atoms with Crippen molar-refractivity contribution in [3.05, 3.63) is 28.7 Å². The van der Waals surface area contributed by atoms with Crippen molar-refractivity contribution in [2.24, 2.45) is 0 Å². The molecule has 0 radical (unpaired) electrons. The van der Waals surface area contributed by atoms with Gasteiger partial charge in [-0.05, 0) is 30.7 Å². The van der Waals surface area contributed by atoms with Crippen molar-refractivity contribution in [2.75, 3.05) is 0 Å². The molecule has 1 atom stereocenters. The zero-order valence-corrected chi connectivity index (χ0v) is 11.5. The normalized spacial score (nSPS) is 13.3. The number of nitrogens with one attached hydrogen (secondary N) is 1. The van der Waals surface area contributed by atoms with Crippen molar-refractivity contribution in [2.45, 2.75) is 24.3 Å². The third-order valence-electron chi connectivity index (χ3n) is 2.13. The molecule has 0 aromatic heterocycles. The average Bonchev–Trinajstić information content (AvgIpc) is 2.26. The minimum atomic E-state index is -3.79. The Morgan fingerprint density at radius 3 is 2.35 bits per heavy atom. The predicted molar refractivity (Wildman–Crippen MR) is 66.2 cm³/mol. The van der Waals surface area contributed by atoms with Crippen molar-refractivity contribution in [3.8, 4) is 0 Å².